The highest BCUT2D eigenvalue weighted by molar-refractivity contribution is 5.33. The predicted molar refractivity (Wildman–Crippen MR) is 63.8 cm³/mol. The number of anilines is 1. The van der Waals surface area contributed by atoms with E-state index < -0.39 is 0 Å². The third kappa shape index (κ3) is 2.50. The number of ether oxygens (including phenoxy) is 1. The van der Waals surface area contributed by atoms with Crippen LogP contribution in [0.1, 0.15) is 25.2 Å². The normalized spacial score (nSPS) is 19.9. The first-order valence-electron chi connectivity index (χ1n) is 5.67. The van der Waals surface area contributed by atoms with Gasteiger partial charge in [-0.25, -0.2) is 9.97 Å². The fourth-order valence-electron chi connectivity index (χ4n) is 2.04. The molecule has 0 aromatic carbocycles. The first-order valence-corrected chi connectivity index (χ1v) is 5.67. The largest absolute Gasteiger partial charge is 0.372 e. The van der Waals surface area contributed by atoms with E-state index in [0.29, 0.717) is 0 Å². The second-order valence-corrected chi connectivity index (χ2v) is 4.98. The van der Waals surface area contributed by atoms with E-state index in [-0.39, 0.29) is 5.60 Å². The van der Waals surface area contributed by atoms with Gasteiger partial charge in [0.2, 0.25) is 5.95 Å². The van der Waals surface area contributed by atoms with E-state index in [2.05, 4.69) is 28.7 Å². The number of hydrogen-bond donors (Lipinski definition) is 0. The Morgan fingerprint density at radius 3 is 2.44 bits per heavy atom. The number of morpholine rings is 1. The first kappa shape index (κ1) is 11.3. The minimum atomic E-state index is -0.112. The van der Waals surface area contributed by atoms with Crippen molar-refractivity contribution in [3.8, 4) is 0 Å². The van der Waals surface area contributed by atoms with Crippen molar-refractivity contribution in [3.05, 3.63) is 17.5 Å². The number of aryl methyl sites for hydroxylation is 2. The van der Waals surface area contributed by atoms with E-state index in [4.69, 9.17) is 4.74 Å². The fourth-order valence-corrected chi connectivity index (χ4v) is 2.04. The van der Waals surface area contributed by atoms with Gasteiger partial charge in [0.25, 0.3) is 0 Å². The topological polar surface area (TPSA) is 38.2 Å². The van der Waals surface area contributed by atoms with E-state index in [0.717, 1.165) is 37.0 Å². The van der Waals surface area contributed by atoms with Crippen LogP contribution >= 0.6 is 0 Å². The second-order valence-electron chi connectivity index (χ2n) is 4.98. The van der Waals surface area contributed by atoms with Gasteiger partial charge in [0, 0.05) is 24.5 Å². The molecule has 4 heteroatoms. The maximum Gasteiger partial charge on any atom is 0.225 e. The number of rotatable bonds is 1. The van der Waals surface area contributed by atoms with Gasteiger partial charge in [0.05, 0.1) is 12.2 Å². The third-order valence-corrected chi connectivity index (χ3v) is 2.68. The Bertz CT molecular complexity index is 370. The van der Waals surface area contributed by atoms with Crippen molar-refractivity contribution < 1.29 is 4.74 Å². The summed E-state index contributed by atoms with van der Waals surface area (Å²) < 4.78 is 5.68. The summed E-state index contributed by atoms with van der Waals surface area (Å²) in [4.78, 5) is 11.2. The molecule has 0 N–H and O–H groups in total. The molecule has 88 valence electrons. The van der Waals surface area contributed by atoms with Crippen LogP contribution < -0.4 is 4.90 Å². The smallest absolute Gasteiger partial charge is 0.225 e. The zero-order chi connectivity index (χ0) is 11.8. The zero-order valence-corrected chi connectivity index (χ0v) is 10.4. The van der Waals surface area contributed by atoms with Crippen LogP contribution in [0.2, 0.25) is 0 Å². The molecule has 1 aromatic rings. The summed E-state index contributed by atoms with van der Waals surface area (Å²) in [7, 11) is 0. The van der Waals surface area contributed by atoms with E-state index >= 15 is 0 Å². The Morgan fingerprint density at radius 2 is 1.88 bits per heavy atom. The van der Waals surface area contributed by atoms with Crippen LogP contribution in [0.5, 0.6) is 0 Å². The SMILES string of the molecule is Cc1cc(C)nc(N2CCOC(C)(C)C2)n1. The van der Waals surface area contributed by atoms with Crippen molar-refractivity contribution in [1.82, 2.24) is 9.97 Å². The van der Waals surface area contributed by atoms with E-state index in [1.54, 1.807) is 0 Å². The Morgan fingerprint density at radius 1 is 1.25 bits per heavy atom. The molecule has 1 aliphatic rings. The minimum Gasteiger partial charge on any atom is -0.372 e. The van der Waals surface area contributed by atoms with Gasteiger partial charge in [-0.05, 0) is 33.8 Å². The lowest BCUT2D eigenvalue weighted by Gasteiger charge is -2.38. The van der Waals surface area contributed by atoms with Gasteiger partial charge in [-0.15, -0.1) is 0 Å². The molecule has 0 bridgehead atoms. The van der Waals surface area contributed by atoms with Gasteiger partial charge in [-0.1, -0.05) is 0 Å². The number of nitrogens with zero attached hydrogens (tertiary/aromatic N) is 3. The Balaban J connectivity index is 2.23. The fraction of sp³-hybridized carbons (Fsp3) is 0.667. The molecular weight excluding hydrogens is 202 g/mol. The molecule has 4 nitrogen and oxygen atoms in total. The molecule has 0 aliphatic carbocycles. The molecule has 1 aromatic heterocycles. The maximum absolute atomic E-state index is 5.68. The molecule has 0 saturated carbocycles. The van der Waals surface area contributed by atoms with Crippen LogP contribution in [-0.2, 0) is 4.74 Å². The number of hydrogen-bond acceptors (Lipinski definition) is 4. The average molecular weight is 221 g/mol. The highest BCUT2D eigenvalue weighted by atomic mass is 16.5. The molecule has 0 spiro atoms. The Kier molecular flexibility index (Phi) is 2.84. The molecule has 2 heterocycles. The molecule has 16 heavy (non-hydrogen) atoms. The van der Waals surface area contributed by atoms with Crippen LogP contribution in [0.15, 0.2) is 6.07 Å². The molecule has 0 amide bonds. The van der Waals surface area contributed by atoms with Gasteiger partial charge in [-0.2, -0.15) is 0 Å². The predicted octanol–water partition coefficient (Wildman–Crippen LogP) is 1.71. The summed E-state index contributed by atoms with van der Waals surface area (Å²) in [5.41, 5.74) is 1.93. The van der Waals surface area contributed by atoms with Crippen molar-refractivity contribution in [2.45, 2.75) is 33.3 Å². The van der Waals surface area contributed by atoms with Crippen molar-refractivity contribution in [2.75, 3.05) is 24.6 Å². The molecule has 1 fully saturated rings. The summed E-state index contributed by atoms with van der Waals surface area (Å²) in [6.45, 7) is 10.7. The lowest BCUT2D eigenvalue weighted by atomic mass is 10.1. The minimum absolute atomic E-state index is 0.112. The molecular formula is C12H19N3O. The molecule has 0 unspecified atom stereocenters. The summed E-state index contributed by atoms with van der Waals surface area (Å²) >= 11 is 0. The number of aromatic nitrogens is 2. The van der Waals surface area contributed by atoms with E-state index in [1.807, 2.05) is 19.9 Å². The Labute approximate surface area is 96.7 Å². The quantitative estimate of drug-likeness (QED) is 0.723. The van der Waals surface area contributed by atoms with Crippen LogP contribution in [0.25, 0.3) is 0 Å². The second kappa shape index (κ2) is 4.01. The van der Waals surface area contributed by atoms with E-state index in [1.165, 1.54) is 0 Å². The molecule has 0 atom stereocenters. The summed E-state index contributed by atoms with van der Waals surface area (Å²) in [5.74, 6) is 0.828. The van der Waals surface area contributed by atoms with Crippen LogP contribution in [-0.4, -0.2) is 35.3 Å². The monoisotopic (exact) mass is 221 g/mol. The van der Waals surface area contributed by atoms with Crippen molar-refractivity contribution in [2.24, 2.45) is 0 Å². The molecule has 0 radical (unpaired) electrons. The Hall–Kier alpha value is -1.16. The van der Waals surface area contributed by atoms with Gasteiger partial charge < -0.3 is 9.64 Å². The first-order chi connectivity index (χ1) is 7.46. The van der Waals surface area contributed by atoms with Gasteiger partial charge in [-0.3, -0.25) is 0 Å². The van der Waals surface area contributed by atoms with Crippen molar-refractivity contribution >= 4 is 5.95 Å². The van der Waals surface area contributed by atoms with Crippen LogP contribution in [0, 0.1) is 13.8 Å². The third-order valence-electron chi connectivity index (χ3n) is 2.68. The lowest BCUT2D eigenvalue weighted by molar-refractivity contribution is -0.0281. The summed E-state index contributed by atoms with van der Waals surface area (Å²) in [6, 6.07) is 2.00. The standard InChI is InChI=1S/C12H19N3O/c1-9-7-10(2)14-11(13-9)15-5-6-16-12(3,4)8-15/h7H,5-6,8H2,1-4H3. The van der Waals surface area contributed by atoms with Gasteiger partial charge in [0.1, 0.15) is 0 Å². The molecule has 2 rings (SSSR count). The molecule has 1 saturated heterocycles. The van der Waals surface area contributed by atoms with Crippen molar-refractivity contribution in [3.63, 3.8) is 0 Å². The highest BCUT2D eigenvalue weighted by Gasteiger charge is 2.28. The van der Waals surface area contributed by atoms with Gasteiger partial charge >= 0.3 is 0 Å². The molecule has 1 aliphatic heterocycles. The lowest BCUT2D eigenvalue weighted by Crippen LogP contribution is -2.49. The average Bonchev–Trinajstić information content (AvgIpc) is 2.14. The van der Waals surface area contributed by atoms with Crippen LogP contribution in [0.3, 0.4) is 0 Å². The van der Waals surface area contributed by atoms with Crippen LogP contribution in [0.4, 0.5) is 5.95 Å². The van der Waals surface area contributed by atoms with E-state index in [9.17, 15) is 0 Å². The zero-order valence-electron chi connectivity index (χ0n) is 10.4. The van der Waals surface area contributed by atoms with Crippen molar-refractivity contribution in [1.29, 1.82) is 0 Å². The maximum atomic E-state index is 5.68. The van der Waals surface area contributed by atoms with Gasteiger partial charge in [0.15, 0.2) is 0 Å². The summed E-state index contributed by atoms with van der Waals surface area (Å²) in [5, 5.41) is 0. The summed E-state index contributed by atoms with van der Waals surface area (Å²) in [6.07, 6.45) is 0. The highest BCUT2D eigenvalue weighted by Crippen LogP contribution is 2.20.